The van der Waals surface area contributed by atoms with Crippen molar-refractivity contribution < 1.29 is 8.42 Å². The van der Waals surface area contributed by atoms with E-state index in [0.717, 1.165) is 37.4 Å². The van der Waals surface area contributed by atoms with Crippen LogP contribution in [0.25, 0.3) is 0 Å². The zero-order valence-electron chi connectivity index (χ0n) is 13.0. The summed E-state index contributed by atoms with van der Waals surface area (Å²) in [5.74, 6) is 1.21. The minimum Gasteiger partial charge on any atom is -0.363 e. The lowest BCUT2D eigenvalue weighted by atomic mass is 10.1. The maximum absolute atomic E-state index is 12.3. The van der Waals surface area contributed by atoms with Crippen molar-refractivity contribution in [2.45, 2.75) is 51.0 Å². The quantitative estimate of drug-likeness (QED) is 0.644. The minimum absolute atomic E-state index is 0.335. The summed E-state index contributed by atoms with van der Waals surface area (Å²) >= 11 is 0. The first kappa shape index (κ1) is 16.5. The summed E-state index contributed by atoms with van der Waals surface area (Å²) in [5.41, 5.74) is 0.901. The molecule has 1 saturated carbocycles. The highest BCUT2D eigenvalue weighted by Crippen LogP contribution is 2.29. The highest BCUT2D eigenvalue weighted by Gasteiger charge is 2.24. The first-order chi connectivity index (χ1) is 10.0. The average molecular weight is 313 g/mol. The van der Waals surface area contributed by atoms with Crippen LogP contribution < -0.4 is 10.0 Å². The Kier molecular flexibility index (Phi) is 5.84. The minimum atomic E-state index is -3.38. The molecular formula is C15H27N3O2S. The van der Waals surface area contributed by atoms with Gasteiger partial charge < -0.3 is 10.3 Å². The molecule has 5 nitrogen and oxygen atoms in total. The lowest BCUT2D eigenvalue weighted by molar-refractivity contribution is 0.498. The van der Waals surface area contributed by atoms with E-state index in [4.69, 9.17) is 0 Å². The third-order valence-electron chi connectivity index (χ3n) is 4.13. The Labute approximate surface area is 128 Å². The third-order valence-corrected chi connectivity index (χ3v) is 5.54. The summed E-state index contributed by atoms with van der Waals surface area (Å²) in [6.45, 7) is 6.49. The SMILES string of the molecule is CCCNCc1cc(S(=O)(=O)NCC2CCC(C)C2)c[nH]1. The van der Waals surface area contributed by atoms with Crippen LogP contribution >= 0.6 is 0 Å². The van der Waals surface area contributed by atoms with E-state index < -0.39 is 10.0 Å². The van der Waals surface area contributed by atoms with E-state index in [9.17, 15) is 8.42 Å². The second-order valence-corrected chi connectivity index (χ2v) is 7.94. The van der Waals surface area contributed by atoms with E-state index >= 15 is 0 Å². The van der Waals surface area contributed by atoms with Crippen LogP contribution in [0.1, 0.15) is 45.2 Å². The number of aromatic nitrogens is 1. The molecule has 2 unspecified atom stereocenters. The number of hydrogen-bond donors (Lipinski definition) is 3. The van der Waals surface area contributed by atoms with Gasteiger partial charge in [0.2, 0.25) is 10.0 Å². The van der Waals surface area contributed by atoms with Crippen molar-refractivity contribution in [2.24, 2.45) is 11.8 Å². The van der Waals surface area contributed by atoms with Crippen LogP contribution in [0.2, 0.25) is 0 Å². The van der Waals surface area contributed by atoms with Crippen molar-refractivity contribution in [1.82, 2.24) is 15.0 Å². The van der Waals surface area contributed by atoms with Crippen molar-refractivity contribution in [1.29, 1.82) is 0 Å². The molecule has 1 fully saturated rings. The van der Waals surface area contributed by atoms with Crippen molar-refractivity contribution >= 4 is 10.0 Å². The molecule has 1 aromatic heterocycles. The van der Waals surface area contributed by atoms with Gasteiger partial charge in [0.25, 0.3) is 0 Å². The van der Waals surface area contributed by atoms with Crippen LogP contribution in [0.3, 0.4) is 0 Å². The molecule has 2 atom stereocenters. The van der Waals surface area contributed by atoms with Crippen molar-refractivity contribution in [3.8, 4) is 0 Å². The number of sulfonamides is 1. The average Bonchev–Trinajstić information content (AvgIpc) is 3.06. The molecule has 0 spiro atoms. The molecule has 1 aliphatic carbocycles. The van der Waals surface area contributed by atoms with E-state index in [1.165, 1.54) is 6.42 Å². The monoisotopic (exact) mass is 313 g/mol. The van der Waals surface area contributed by atoms with Gasteiger partial charge >= 0.3 is 0 Å². The summed E-state index contributed by atoms with van der Waals surface area (Å²) < 4.78 is 27.3. The molecule has 0 aromatic carbocycles. The highest BCUT2D eigenvalue weighted by atomic mass is 32.2. The molecular weight excluding hydrogens is 286 g/mol. The molecule has 0 radical (unpaired) electrons. The van der Waals surface area contributed by atoms with E-state index in [2.05, 4.69) is 28.9 Å². The molecule has 21 heavy (non-hydrogen) atoms. The summed E-state index contributed by atoms with van der Waals surface area (Å²) in [6, 6.07) is 1.71. The van der Waals surface area contributed by atoms with Crippen molar-refractivity contribution in [3.63, 3.8) is 0 Å². The summed E-state index contributed by atoms with van der Waals surface area (Å²) in [7, 11) is -3.38. The fourth-order valence-corrected chi connectivity index (χ4v) is 4.03. The first-order valence-corrected chi connectivity index (χ1v) is 9.37. The molecule has 3 N–H and O–H groups in total. The van der Waals surface area contributed by atoms with Crippen molar-refractivity contribution in [2.75, 3.05) is 13.1 Å². The molecule has 0 saturated heterocycles. The Bertz CT molecular complexity index is 539. The van der Waals surface area contributed by atoms with Crippen LogP contribution in [0.15, 0.2) is 17.2 Å². The summed E-state index contributed by atoms with van der Waals surface area (Å²) in [5, 5.41) is 3.25. The third kappa shape index (κ3) is 4.83. The van der Waals surface area contributed by atoms with Crippen LogP contribution in [-0.2, 0) is 16.6 Å². The molecule has 1 heterocycles. The Morgan fingerprint density at radius 1 is 1.38 bits per heavy atom. The Morgan fingerprint density at radius 2 is 2.19 bits per heavy atom. The lowest BCUT2D eigenvalue weighted by Crippen LogP contribution is -2.28. The van der Waals surface area contributed by atoms with Crippen molar-refractivity contribution in [3.05, 3.63) is 18.0 Å². The second kappa shape index (κ2) is 7.42. The molecule has 2 rings (SSSR count). The fourth-order valence-electron chi connectivity index (χ4n) is 2.90. The van der Waals surface area contributed by atoms with Gasteiger partial charge in [-0.2, -0.15) is 0 Å². The summed E-state index contributed by atoms with van der Waals surface area (Å²) in [6.07, 6.45) is 6.10. The molecule has 1 aromatic rings. The summed E-state index contributed by atoms with van der Waals surface area (Å²) in [4.78, 5) is 3.36. The second-order valence-electron chi connectivity index (χ2n) is 6.17. The van der Waals surface area contributed by atoms with Gasteiger partial charge in [-0.05, 0) is 43.7 Å². The highest BCUT2D eigenvalue weighted by molar-refractivity contribution is 7.89. The number of hydrogen-bond acceptors (Lipinski definition) is 3. The van der Waals surface area contributed by atoms with Crippen LogP contribution in [0.5, 0.6) is 0 Å². The standard InChI is InChI=1S/C15H27N3O2S/c1-3-6-16-10-14-8-15(11-17-14)21(19,20)18-9-13-5-4-12(2)7-13/h8,11-13,16-18H,3-7,9-10H2,1-2H3. The topological polar surface area (TPSA) is 74.0 Å². The maximum Gasteiger partial charge on any atom is 0.242 e. The van der Waals surface area contributed by atoms with Crippen LogP contribution in [0, 0.1) is 11.8 Å². The number of H-pyrrole nitrogens is 1. The predicted octanol–water partition coefficient (Wildman–Crippen LogP) is 2.23. The fraction of sp³-hybridized carbons (Fsp3) is 0.733. The molecule has 0 bridgehead atoms. The largest absolute Gasteiger partial charge is 0.363 e. The van der Waals surface area contributed by atoms with Crippen LogP contribution in [0.4, 0.5) is 0 Å². The smallest absolute Gasteiger partial charge is 0.242 e. The number of nitrogens with one attached hydrogen (secondary N) is 3. The molecule has 6 heteroatoms. The lowest BCUT2D eigenvalue weighted by Gasteiger charge is -2.10. The van der Waals surface area contributed by atoms with E-state index in [1.807, 2.05) is 0 Å². The molecule has 1 aliphatic rings. The van der Waals surface area contributed by atoms with E-state index in [1.54, 1.807) is 12.3 Å². The van der Waals surface area contributed by atoms with Gasteiger partial charge in [-0.25, -0.2) is 13.1 Å². The van der Waals surface area contributed by atoms with Gasteiger partial charge in [0.05, 0.1) is 4.90 Å². The molecule has 120 valence electrons. The van der Waals surface area contributed by atoms with Gasteiger partial charge in [0.15, 0.2) is 0 Å². The molecule has 0 amide bonds. The van der Waals surface area contributed by atoms with Gasteiger partial charge in [0, 0.05) is 25.0 Å². The first-order valence-electron chi connectivity index (χ1n) is 7.89. The van der Waals surface area contributed by atoms with E-state index in [0.29, 0.717) is 23.9 Å². The van der Waals surface area contributed by atoms with Crippen LogP contribution in [-0.4, -0.2) is 26.5 Å². The van der Waals surface area contributed by atoms with E-state index in [-0.39, 0.29) is 0 Å². The Balaban J connectivity index is 1.87. The Hall–Kier alpha value is -0.850. The van der Waals surface area contributed by atoms with Gasteiger partial charge in [0.1, 0.15) is 0 Å². The normalized spacial score (nSPS) is 22.8. The van der Waals surface area contributed by atoms with Gasteiger partial charge in [-0.15, -0.1) is 0 Å². The number of rotatable bonds is 8. The molecule has 0 aliphatic heterocycles. The zero-order chi connectivity index (χ0) is 15.3. The predicted molar refractivity (Wildman–Crippen MR) is 84.5 cm³/mol. The van der Waals surface area contributed by atoms with Gasteiger partial charge in [-0.3, -0.25) is 0 Å². The Morgan fingerprint density at radius 3 is 2.86 bits per heavy atom. The van der Waals surface area contributed by atoms with Gasteiger partial charge in [-0.1, -0.05) is 20.3 Å². The number of aromatic amines is 1. The zero-order valence-corrected chi connectivity index (χ0v) is 13.8. The maximum atomic E-state index is 12.3.